The van der Waals surface area contributed by atoms with Gasteiger partial charge in [0.25, 0.3) is 0 Å². The Bertz CT molecular complexity index is 964. The van der Waals surface area contributed by atoms with Crippen LogP contribution in [-0.4, -0.2) is 25.9 Å². The van der Waals surface area contributed by atoms with Crippen molar-refractivity contribution in [3.8, 4) is 6.07 Å². The molecule has 2 N–H and O–H groups in total. The summed E-state index contributed by atoms with van der Waals surface area (Å²) in [7, 11) is 0. The number of hydrogen-bond donors (Lipinski definition) is 2. The fourth-order valence-corrected chi connectivity index (χ4v) is 5.57. The third-order valence-corrected chi connectivity index (χ3v) is 7.28. The maximum absolute atomic E-state index is 12.7. The zero-order chi connectivity index (χ0) is 19.0. The molecule has 0 spiro atoms. The molecule has 2 aliphatic rings. The average molecular weight is 404 g/mol. The number of aromatic nitrogens is 3. The number of nitrogens with one attached hydrogen (secondary N) is 2. The van der Waals surface area contributed by atoms with Crippen LogP contribution in [0.3, 0.4) is 0 Å². The molecule has 1 atom stereocenters. The van der Waals surface area contributed by atoms with Crippen LogP contribution >= 0.6 is 23.1 Å². The van der Waals surface area contributed by atoms with Gasteiger partial charge in [-0.05, 0) is 51.0 Å². The van der Waals surface area contributed by atoms with Gasteiger partial charge in [-0.15, -0.1) is 16.4 Å². The Morgan fingerprint density at radius 2 is 2.19 bits per heavy atom. The van der Waals surface area contributed by atoms with Crippen LogP contribution in [0.5, 0.6) is 0 Å². The summed E-state index contributed by atoms with van der Waals surface area (Å²) < 4.78 is 1.64. The third kappa shape index (κ3) is 3.69. The van der Waals surface area contributed by atoms with E-state index in [1.54, 1.807) is 11.5 Å². The lowest BCUT2D eigenvalue weighted by Crippen LogP contribution is -2.23. The number of rotatable bonds is 5. The summed E-state index contributed by atoms with van der Waals surface area (Å²) in [6, 6.07) is 2.49. The third-order valence-electron chi connectivity index (χ3n) is 5.01. The van der Waals surface area contributed by atoms with E-state index in [1.807, 2.05) is 0 Å². The second-order valence-electron chi connectivity index (χ2n) is 7.04. The summed E-state index contributed by atoms with van der Waals surface area (Å²) in [5, 5.41) is 19.9. The molecule has 7 nitrogen and oxygen atoms in total. The van der Waals surface area contributed by atoms with Gasteiger partial charge in [0.05, 0.1) is 10.8 Å². The number of thioether (sulfide) groups is 1. The van der Waals surface area contributed by atoms with Crippen molar-refractivity contribution in [1.82, 2.24) is 14.8 Å². The quantitative estimate of drug-likeness (QED) is 0.589. The lowest BCUT2D eigenvalue weighted by Gasteiger charge is -2.11. The molecular weight excluding hydrogens is 382 g/mol. The second-order valence-corrected chi connectivity index (χ2v) is 9.46. The van der Waals surface area contributed by atoms with E-state index in [0.29, 0.717) is 15.7 Å². The van der Waals surface area contributed by atoms with Crippen molar-refractivity contribution in [1.29, 1.82) is 5.26 Å². The molecule has 1 saturated carbocycles. The second kappa shape index (κ2) is 7.52. The Morgan fingerprint density at radius 1 is 1.41 bits per heavy atom. The van der Waals surface area contributed by atoms with E-state index in [-0.39, 0.29) is 17.6 Å². The highest BCUT2D eigenvalue weighted by Gasteiger charge is 2.30. The molecule has 0 aliphatic heterocycles. The number of anilines is 1. The SMILES string of the molecule is C[C@@H](Sc1n[nH]c(=O)n1C1CC1)C(=O)Nc1sc2c(c1C#N)CCCCC2. The fourth-order valence-electron chi connectivity index (χ4n) is 3.40. The lowest BCUT2D eigenvalue weighted by atomic mass is 10.1. The molecule has 0 saturated heterocycles. The first-order chi connectivity index (χ1) is 13.1. The van der Waals surface area contributed by atoms with Crippen molar-refractivity contribution in [2.24, 2.45) is 0 Å². The summed E-state index contributed by atoms with van der Waals surface area (Å²) in [4.78, 5) is 25.8. The van der Waals surface area contributed by atoms with Crippen molar-refractivity contribution >= 4 is 34.0 Å². The van der Waals surface area contributed by atoms with Gasteiger partial charge >= 0.3 is 5.69 Å². The molecule has 2 aromatic rings. The highest BCUT2D eigenvalue weighted by atomic mass is 32.2. The lowest BCUT2D eigenvalue weighted by molar-refractivity contribution is -0.115. The Balaban J connectivity index is 1.49. The van der Waals surface area contributed by atoms with Crippen LogP contribution in [-0.2, 0) is 17.6 Å². The Hall–Kier alpha value is -2.05. The molecule has 2 aromatic heterocycles. The number of carbonyl (C=O) groups is 1. The van der Waals surface area contributed by atoms with Gasteiger partial charge in [0.1, 0.15) is 11.1 Å². The minimum absolute atomic E-state index is 0.175. The minimum Gasteiger partial charge on any atom is -0.316 e. The number of fused-ring (bicyclic) bond motifs is 1. The molecule has 0 aromatic carbocycles. The number of hydrogen-bond acceptors (Lipinski definition) is 6. The van der Waals surface area contributed by atoms with E-state index in [2.05, 4.69) is 21.6 Å². The van der Waals surface area contributed by atoms with Gasteiger partial charge < -0.3 is 5.32 Å². The first-order valence-corrected chi connectivity index (χ1v) is 11.0. The van der Waals surface area contributed by atoms with Crippen LogP contribution in [0.25, 0.3) is 0 Å². The summed E-state index contributed by atoms with van der Waals surface area (Å²) in [5.41, 5.74) is 1.52. The first-order valence-electron chi connectivity index (χ1n) is 9.27. The van der Waals surface area contributed by atoms with Gasteiger partial charge in [0.15, 0.2) is 5.16 Å². The number of thiophene rings is 1. The van der Waals surface area contributed by atoms with Crippen molar-refractivity contribution in [2.45, 2.75) is 68.3 Å². The summed E-state index contributed by atoms with van der Waals surface area (Å²) in [6.07, 6.45) is 7.26. The summed E-state index contributed by atoms with van der Waals surface area (Å²) >= 11 is 2.80. The molecule has 2 aliphatic carbocycles. The summed E-state index contributed by atoms with van der Waals surface area (Å²) in [5.74, 6) is -0.175. The van der Waals surface area contributed by atoms with Gasteiger partial charge in [0.2, 0.25) is 5.91 Å². The number of amides is 1. The van der Waals surface area contributed by atoms with Gasteiger partial charge in [-0.1, -0.05) is 18.2 Å². The highest BCUT2D eigenvalue weighted by molar-refractivity contribution is 8.00. The van der Waals surface area contributed by atoms with Crippen LogP contribution in [0.15, 0.2) is 9.95 Å². The monoisotopic (exact) mass is 403 g/mol. The number of aromatic amines is 1. The van der Waals surface area contributed by atoms with E-state index in [1.165, 1.54) is 34.4 Å². The predicted octanol–water partition coefficient (Wildman–Crippen LogP) is 3.23. The van der Waals surface area contributed by atoms with Crippen LogP contribution in [0.1, 0.15) is 61.1 Å². The van der Waals surface area contributed by atoms with Crippen molar-refractivity contribution in [3.63, 3.8) is 0 Å². The van der Waals surface area contributed by atoms with Gasteiger partial charge in [-0.25, -0.2) is 9.89 Å². The first kappa shape index (κ1) is 18.3. The van der Waals surface area contributed by atoms with Crippen molar-refractivity contribution in [3.05, 3.63) is 26.5 Å². The summed E-state index contributed by atoms with van der Waals surface area (Å²) in [6.45, 7) is 1.79. The fraction of sp³-hybridized carbons (Fsp3) is 0.556. The van der Waals surface area contributed by atoms with Crippen LogP contribution in [0.4, 0.5) is 5.00 Å². The van der Waals surface area contributed by atoms with E-state index < -0.39 is 5.25 Å². The minimum atomic E-state index is -0.425. The Kier molecular flexibility index (Phi) is 5.10. The molecule has 0 unspecified atom stereocenters. The normalized spacial score (nSPS) is 17.6. The van der Waals surface area contributed by atoms with E-state index in [4.69, 9.17) is 0 Å². The standard InChI is InChI=1S/C18H21N5O2S2/c1-10(26-18-22-21-17(25)23(18)11-7-8-11)15(24)20-16-13(9-19)12-5-3-2-4-6-14(12)27-16/h10-11H,2-8H2,1H3,(H,20,24)(H,21,25)/t10-/m1/s1. The number of nitriles is 1. The largest absolute Gasteiger partial charge is 0.344 e. The van der Waals surface area contributed by atoms with Gasteiger partial charge in [-0.2, -0.15) is 5.26 Å². The maximum atomic E-state index is 12.7. The number of carbonyl (C=O) groups excluding carboxylic acids is 1. The smallest absolute Gasteiger partial charge is 0.316 e. The molecule has 1 fully saturated rings. The molecule has 9 heteroatoms. The van der Waals surface area contributed by atoms with Gasteiger partial charge in [0, 0.05) is 10.9 Å². The molecule has 0 bridgehead atoms. The van der Waals surface area contributed by atoms with Gasteiger partial charge in [-0.3, -0.25) is 9.36 Å². The molecule has 2 heterocycles. The topological polar surface area (TPSA) is 104 Å². The Morgan fingerprint density at radius 3 is 2.93 bits per heavy atom. The van der Waals surface area contributed by atoms with Crippen molar-refractivity contribution < 1.29 is 4.79 Å². The molecule has 1 amide bonds. The highest BCUT2D eigenvalue weighted by Crippen LogP contribution is 2.38. The van der Waals surface area contributed by atoms with Crippen LogP contribution < -0.4 is 11.0 Å². The van der Waals surface area contributed by atoms with Crippen LogP contribution in [0, 0.1) is 11.3 Å². The zero-order valence-electron chi connectivity index (χ0n) is 15.1. The molecule has 142 valence electrons. The van der Waals surface area contributed by atoms with E-state index in [0.717, 1.165) is 44.1 Å². The number of aryl methyl sites for hydroxylation is 1. The molecule has 0 radical (unpaired) electrons. The maximum Gasteiger partial charge on any atom is 0.344 e. The molecule has 4 rings (SSSR count). The Labute approximate surface area is 165 Å². The van der Waals surface area contributed by atoms with Crippen molar-refractivity contribution in [2.75, 3.05) is 5.32 Å². The zero-order valence-corrected chi connectivity index (χ0v) is 16.7. The molecule has 27 heavy (non-hydrogen) atoms. The number of nitrogens with zero attached hydrogens (tertiary/aromatic N) is 3. The van der Waals surface area contributed by atoms with E-state index in [9.17, 15) is 14.9 Å². The van der Waals surface area contributed by atoms with E-state index >= 15 is 0 Å². The molecular formula is C18H21N5O2S2. The predicted molar refractivity (Wildman–Crippen MR) is 105 cm³/mol. The van der Waals surface area contributed by atoms with Crippen LogP contribution in [0.2, 0.25) is 0 Å². The average Bonchev–Trinajstić information content (AvgIpc) is 3.39. The number of H-pyrrole nitrogens is 1.